The maximum absolute atomic E-state index is 4.03. The highest BCUT2D eigenvalue weighted by Gasteiger charge is 2.04. The minimum Gasteiger partial charge on any atom is -0.274 e. The lowest BCUT2D eigenvalue weighted by Crippen LogP contribution is -2.02. The molecule has 0 saturated heterocycles. The van der Waals surface area contributed by atoms with Gasteiger partial charge in [-0.2, -0.15) is 0 Å². The average Bonchev–Trinajstić information content (AvgIpc) is 2.38. The van der Waals surface area contributed by atoms with Crippen LogP contribution in [0.2, 0.25) is 0 Å². The van der Waals surface area contributed by atoms with Crippen molar-refractivity contribution in [2.75, 3.05) is 0 Å². The van der Waals surface area contributed by atoms with Crippen molar-refractivity contribution in [3.05, 3.63) is 30.1 Å². The van der Waals surface area contributed by atoms with Gasteiger partial charge in [0.05, 0.1) is 0 Å². The van der Waals surface area contributed by atoms with Gasteiger partial charge in [-0.05, 0) is 36.5 Å². The molecule has 1 unspecified atom stereocenters. The third-order valence-corrected chi connectivity index (χ3v) is 2.86. The molecule has 3 heteroatoms. The number of hydrogen-bond donors (Lipinski definition) is 2. The van der Waals surface area contributed by atoms with E-state index in [1.165, 1.54) is 37.7 Å². The van der Waals surface area contributed by atoms with E-state index in [4.69, 9.17) is 0 Å². The average molecular weight is 223 g/mol. The van der Waals surface area contributed by atoms with Gasteiger partial charge in [-0.1, -0.05) is 33.1 Å². The first-order valence-electron chi connectivity index (χ1n) is 6.09. The highest BCUT2D eigenvalue weighted by Crippen LogP contribution is 2.17. The summed E-state index contributed by atoms with van der Waals surface area (Å²) >= 11 is 0. The number of hydrogen-bond acceptors (Lipinski definition) is 3. The third-order valence-electron chi connectivity index (χ3n) is 2.86. The van der Waals surface area contributed by atoms with Gasteiger partial charge in [0.1, 0.15) is 0 Å². The molecule has 1 heterocycles. The molecule has 0 radical (unpaired) electrons. The van der Waals surface area contributed by atoms with E-state index >= 15 is 0 Å². The van der Waals surface area contributed by atoms with Crippen LogP contribution in [-0.2, 0) is 6.42 Å². The van der Waals surface area contributed by atoms with Crippen LogP contribution in [-0.4, -0.2) is 4.98 Å². The highest BCUT2D eigenvalue weighted by atomic mass is 15.0. The van der Waals surface area contributed by atoms with Gasteiger partial charge >= 0.3 is 0 Å². The Labute approximate surface area is 99.2 Å². The highest BCUT2D eigenvalue weighted by molar-refractivity contribution is 5.09. The maximum Gasteiger partial charge on any atom is 0.0270 e. The summed E-state index contributed by atoms with van der Waals surface area (Å²) in [5, 5.41) is 0. The van der Waals surface area contributed by atoms with Crippen molar-refractivity contribution in [3.63, 3.8) is 0 Å². The van der Waals surface area contributed by atoms with E-state index in [2.05, 4.69) is 42.6 Å². The molecule has 0 spiro atoms. The fourth-order valence-corrected chi connectivity index (χ4v) is 1.88. The third kappa shape index (κ3) is 6.53. The minimum absolute atomic E-state index is 0.910. The van der Waals surface area contributed by atoms with E-state index in [9.17, 15) is 0 Å². The molecular formula is C13H25N3. The van der Waals surface area contributed by atoms with Gasteiger partial charge < -0.3 is 0 Å². The number of aryl methyl sites for hydroxylation is 1. The van der Waals surface area contributed by atoms with E-state index in [0.717, 1.165) is 5.92 Å². The lowest BCUT2D eigenvalue weighted by molar-refractivity contribution is 0.432. The quantitative estimate of drug-likeness (QED) is 0.575. The molecule has 0 amide bonds. The lowest BCUT2D eigenvalue weighted by atomic mass is 9.93. The van der Waals surface area contributed by atoms with Crippen molar-refractivity contribution in [1.82, 2.24) is 4.98 Å². The summed E-state index contributed by atoms with van der Waals surface area (Å²) in [5.41, 5.74) is 1.43. The summed E-state index contributed by atoms with van der Waals surface area (Å²) in [6.07, 6.45) is 10.3. The Hall–Kier alpha value is -0.930. The van der Waals surface area contributed by atoms with Crippen molar-refractivity contribution < 1.29 is 0 Å². The molecule has 4 N–H and O–H groups in total. The molecule has 0 bridgehead atoms. The second kappa shape index (κ2) is 10.6. The van der Waals surface area contributed by atoms with E-state index < -0.39 is 0 Å². The molecular weight excluding hydrogens is 198 g/mol. The minimum atomic E-state index is 0.910. The smallest absolute Gasteiger partial charge is 0.0270 e. The number of pyridine rings is 1. The van der Waals surface area contributed by atoms with Crippen molar-refractivity contribution in [2.45, 2.75) is 46.0 Å². The second-order valence-corrected chi connectivity index (χ2v) is 3.96. The Morgan fingerprint density at radius 2 is 1.75 bits per heavy atom. The topological polar surface area (TPSA) is 64.9 Å². The SMILES string of the molecule is CCCC(CC)CCc1ccncc1.NN. The summed E-state index contributed by atoms with van der Waals surface area (Å²) < 4.78 is 0. The lowest BCUT2D eigenvalue weighted by Gasteiger charge is -2.12. The Kier molecular flexibility index (Phi) is 9.97. The molecule has 1 rings (SSSR count). The Morgan fingerprint density at radius 1 is 1.12 bits per heavy atom. The Balaban J connectivity index is 0.00000106. The van der Waals surface area contributed by atoms with Crippen LogP contribution in [0.4, 0.5) is 0 Å². The molecule has 3 nitrogen and oxygen atoms in total. The fourth-order valence-electron chi connectivity index (χ4n) is 1.88. The molecule has 92 valence electrons. The molecule has 0 saturated carbocycles. The fraction of sp³-hybridized carbons (Fsp3) is 0.615. The van der Waals surface area contributed by atoms with Gasteiger partial charge in [0.25, 0.3) is 0 Å². The molecule has 1 aromatic rings. The molecule has 1 atom stereocenters. The maximum atomic E-state index is 4.03. The van der Waals surface area contributed by atoms with Crippen LogP contribution in [0.15, 0.2) is 24.5 Å². The first kappa shape index (κ1) is 15.1. The van der Waals surface area contributed by atoms with Crippen LogP contribution < -0.4 is 11.7 Å². The summed E-state index contributed by atoms with van der Waals surface area (Å²) in [5.74, 6) is 8.91. The predicted octanol–water partition coefficient (Wildman–Crippen LogP) is 2.66. The van der Waals surface area contributed by atoms with Gasteiger partial charge in [0, 0.05) is 12.4 Å². The monoisotopic (exact) mass is 223 g/mol. The largest absolute Gasteiger partial charge is 0.274 e. The summed E-state index contributed by atoms with van der Waals surface area (Å²) in [4.78, 5) is 4.03. The standard InChI is InChI=1S/C13H21N.H4N2/c1-3-5-12(4-2)6-7-13-8-10-14-11-9-13;1-2/h8-12H,3-7H2,1-2H3;1-2H2. The Bertz CT molecular complexity index is 236. The van der Waals surface area contributed by atoms with Crippen molar-refractivity contribution in [1.29, 1.82) is 0 Å². The van der Waals surface area contributed by atoms with Crippen molar-refractivity contribution >= 4 is 0 Å². The molecule has 1 aromatic heterocycles. The Morgan fingerprint density at radius 3 is 2.25 bits per heavy atom. The van der Waals surface area contributed by atoms with Crippen LogP contribution in [0.1, 0.15) is 45.1 Å². The normalized spacial score (nSPS) is 11.5. The molecule has 0 aliphatic rings. The van der Waals surface area contributed by atoms with Crippen LogP contribution in [0.5, 0.6) is 0 Å². The van der Waals surface area contributed by atoms with Crippen LogP contribution in [0.25, 0.3) is 0 Å². The number of hydrazine groups is 1. The van der Waals surface area contributed by atoms with E-state index in [-0.39, 0.29) is 0 Å². The first-order valence-corrected chi connectivity index (χ1v) is 6.09. The van der Waals surface area contributed by atoms with Gasteiger partial charge in [0.15, 0.2) is 0 Å². The van der Waals surface area contributed by atoms with Crippen LogP contribution in [0, 0.1) is 5.92 Å². The van der Waals surface area contributed by atoms with Crippen molar-refractivity contribution in [2.24, 2.45) is 17.6 Å². The second-order valence-electron chi connectivity index (χ2n) is 3.96. The van der Waals surface area contributed by atoms with Gasteiger partial charge in [0.2, 0.25) is 0 Å². The predicted molar refractivity (Wildman–Crippen MR) is 69.6 cm³/mol. The van der Waals surface area contributed by atoms with E-state index in [1.807, 2.05) is 12.4 Å². The zero-order valence-corrected chi connectivity index (χ0v) is 10.5. The summed E-state index contributed by atoms with van der Waals surface area (Å²) in [6.45, 7) is 4.57. The number of nitrogens with two attached hydrogens (primary N) is 2. The molecule has 0 aliphatic carbocycles. The summed E-state index contributed by atoms with van der Waals surface area (Å²) in [6, 6.07) is 4.25. The zero-order valence-electron chi connectivity index (χ0n) is 10.5. The molecule has 0 aromatic carbocycles. The number of nitrogens with zero attached hydrogens (tertiary/aromatic N) is 1. The number of rotatable bonds is 6. The molecule has 16 heavy (non-hydrogen) atoms. The zero-order chi connectivity index (χ0) is 12.2. The van der Waals surface area contributed by atoms with Crippen LogP contribution >= 0.6 is 0 Å². The number of aromatic nitrogens is 1. The van der Waals surface area contributed by atoms with Gasteiger partial charge in [-0.15, -0.1) is 0 Å². The van der Waals surface area contributed by atoms with Crippen LogP contribution in [0.3, 0.4) is 0 Å². The first-order chi connectivity index (χ1) is 7.86. The van der Waals surface area contributed by atoms with Gasteiger partial charge in [-0.25, -0.2) is 0 Å². The molecule has 0 fully saturated rings. The van der Waals surface area contributed by atoms with Gasteiger partial charge in [-0.3, -0.25) is 16.7 Å². The van der Waals surface area contributed by atoms with E-state index in [1.54, 1.807) is 0 Å². The van der Waals surface area contributed by atoms with E-state index in [0.29, 0.717) is 0 Å². The van der Waals surface area contributed by atoms with Crippen molar-refractivity contribution in [3.8, 4) is 0 Å². The molecule has 0 aliphatic heterocycles. The summed E-state index contributed by atoms with van der Waals surface area (Å²) in [7, 11) is 0.